The van der Waals surface area contributed by atoms with Gasteiger partial charge in [-0.1, -0.05) is 6.92 Å². The zero-order valence-electron chi connectivity index (χ0n) is 10.3. The van der Waals surface area contributed by atoms with Crippen molar-refractivity contribution in [3.63, 3.8) is 0 Å². The van der Waals surface area contributed by atoms with Gasteiger partial charge in [0.1, 0.15) is 6.10 Å². The maximum atomic E-state index is 11.2. The van der Waals surface area contributed by atoms with E-state index in [0.717, 1.165) is 0 Å². The molecule has 0 aromatic carbocycles. The Hall–Kier alpha value is -1.56. The van der Waals surface area contributed by atoms with Crippen molar-refractivity contribution in [2.45, 2.75) is 26.4 Å². The summed E-state index contributed by atoms with van der Waals surface area (Å²) >= 11 is 0. The lowest BCUT2D eigenvalue weighted by molar-refractivity contribution is -0.147. The van der Waals surface area contributed by atoms with Crippen molar-refractivity contribution in [2.75, 3.05) is 20.3 Å². The van der Waals surface area contributed by atoms with E-state index in [0.29, 0.717) is 12.5 Å². The number of hydrogen-bond donors (Lipinski definition) is 1. The van der Waals surface area contributed by atoms with E-state index in [2.05, 4.69) is 4.74 Å². The summed E-state index contributed by atoms with van der Waals surface area (Å²) in [6.07, 6.45) is 0.863. The molecule has 0 saturated carbocycles. The Morgan fingerprint density at radius 2 is 2.06 bits per heavy atom. The predicted octanol–water partition coefficient (Wildman–Crippen LogP) is 0.960. The van der Waals surface area contributed by atoms with Gasteiger partial charge >= 0.3 is 11.9 Å². The minimum Gasteiger partial charge on any atom is -0.502 e. The summed E-state index contributed by atoms with van der Waals surface area (Å²) in [5.41, 5.74) is 0. The number of esters is 2. The van der Waals surface area contributed by atoms with Crippen molar-refractivity contribution >= 4 is 11.9 Å². The quantitative estimate of drug-likeness (QED) is 0.409. The van der Waals surface area contributed by atoms with Crippen LogP contribution in [0.5, 0.6) is 0 Å². The monoisotopic (exact) mass is 246 g/mol. The highest BCUT2D eigenvalue weighted by Gasteiger charge is 2.13. The van der Waals surface area contributed by atoms with E-state index in [1.807, 2.05) is 6.92 Å². The minimum absolute atomic E-state index is 0.186. The molecule has 0 aliphatic heterocycles. The molecule has 0 fully saturated rings. The van der Waals surface area contributed by atoms with Gasteiger partial charge in [-0.2, -0.15) is 0 Å². The zero-order chi connectivity index (χ0) is 13.3. The van der Waals surface area contributed by atoms with Crippen LogP contribution in [0.3, 0.4) is 0 Å². The molecule has 0 saturated heterocycles. The first kappa shape index (κ1) is 15.4. The number of carbonyl (C=O) groups is 2. The maximum Gasteiger partial charge on any atom is 0.373 e. The number of aliphatic hydroxyl groups excluding tert-OH is 1. The molecule has 0 aliphatic carbocycles. The molecule has 0 rings (SSSR count). The second-order valence-electron chi connectivity index (χ2n) is 3.37. The molecule has 0 heterocycles. The molecule has 1 atom stereocenters. The van der Waals surface area contributed by atoms with E-state index in [9.17, 15) is 14.7 Å². The molecule has 1 N–H and O–H groups in total. The first-order valence-electron chi connectivity index (χ1n) is 5.28. The average Bonchev–Trinajstić information content (AvgIpc) is 2.25. The molecule has 0 aromatic heterocycles. The Bertz CT molecular complexity index is 284. The SMILES string of the molecule is CCCOC(=O)/C(O)=C\C(=O)OC(C)COC. The molecular formula is C11H18O6. The molecule has 0 aliphatic rings. The van der Waals surface area contributed by atoms with E-state index in [1.165, 1.54) is 7.11 Å². The van der Waals surface area contributed by atoms with Crippen molar-refractivity contribution in [3.8, 4) is 0 Å². The van der Waals surface area contributed by atoms with Crippen LogP contribution >= 0.6 is 0 Å². The van der Waals surface area contributed by atoms with Gasteiger partial charge in [0.15, 0.2) is 0 Å². The standard InChI is InChI=1S/C11H18O6/c1-4-5-16-11(14)9(12)6-10(13)17-8(2)7-15-3/h6,8,12H,4-5,7H2,1-3H3/b9-6+. The Kier molecular flexibility index (Phi) is 7.79. The molecule has 0 radical (unpaired) electrons. The van der Waals surface area contributed by atoms with Gasteiger partial charge in [0.25, 0.3) is 0 Å². The molecule has 6 heteroatoms. The number of methoxy groups -OCH3 is 1. The smallest absolute Gasteiger partial charge is 0.373 e. The van der Waals surface area contributed by atoms with Crippen LogP contribution in [0, 0.1) is 0 Å². The molecule has 6 nitrogen and oxygen atoms in total. The van der Waals surface area contributed by atoms with E-state index in [1.54, 1.807) is 6.92 Å². The summed E-state index contributed by atoms with van der Waals surface area (Å²) in [5, 5.41) is 9.21. The molecule has 1 unspecified atom stereocenters. The fourth-order valence-electron chi connectivity index (χ4n) is 0.940. The van der Waals surface area contributed by atoms with Crippen LogP contribution in [0.25, 0.3) is 0 Å². The third kappa shape index (κ3) is 7.35. The van der Waals surface area contributed by atoms with Crippen LogP contribution in [0.1, 0.15) is 20.3 Å². The maximum absolute atomic E-state index is 11.2. The highest BCUT2D eigenvalue weighted by atomic mass is 16.6. The van der Waals surface area contributed by atoms with Crippen LogP contribution < -0.4 is 0 Å². The van der Waals surface area contributed by atoms with Gasteiger partial charge < -0.3 is 19.3 Å². The van der Waals surface area contributed by atoms with E-state index in [-0.39, 0.29) is 13.2 Å². The van der Waals surface area contributed by atoms with Gasteiger partial charge in [-0.3, -0.25) is 0 Å². The van der Waals surface area contributed by atoms with Crippen molar-refractivity contribution in [2.24, 2.45) is 0 Å². The topological polar surface area (TPSA) is 82.1 Å². The molecule has 0 bridgehead atoms. The number of aliphatic hydroxyl groups is 1. The summed E-state index contributed by atoms with van der Waals surface area (Å²) in [6, 6.07) is 0. The summed E-state index contributed by atoms with van der Waals surface area (Å²) in [7, 11) is 1.47. The predicted molar refractivity (Wildman–Crippen MR) is 59.4 cm³/mol. The molecule has 0 spiro atoms. The van der Waals surface area contributed by atoms with Crippen LogP contribution in [0.4, 0.5) is 0 Å². The average molecular weight is 246 g/mol. The normalized spacial score (nSPS) is 13.0. The van der Waals surface area contributed by atoms with E-state index in [4.69, 9.17) is 9.47 Å². The lowest BCUT2D eigenvalue weighted by Crippen LogP contribution is -2.19. The van der Waals surface area contributed by atoms with Gasteiger partial charge in [-0.05, 0) is 13.3 Å². The van der Waals surface area contributed by atoms with E-state index >= 15 is 0 Å². The molecule has 0 aromatic rings. The third-order valence-corrected chi connectivity index (χ3v) is 1.62. The fourth-order valence-corrected chi connectivity index (χ4v) is 0.940. The van der Waals surface area contributed by atoms with Crippen LogP contribution in [-0.4, -0.2) is 43.5 Å². The Morgan fingerprint density at radius 1 is 1.41 bits per heavy atom. The second-order valence-corrected chi connectivity index (χ2v) is 3.37. The van der Waals surface area contributed by atoms with Crippen molar-refractivity contribution in [3.05, 3.63) is 11.8 Å². The van der Waals surface area contributed by atoms with Gasteiger partial charge in [-0.15, -0.1) is 0 Å². The Balaban J connectivity index is 4.18. The highest BCUT2D eigenvalue weighted by Crippen LogP contribution is 1.98. The summed E-state index contributed by atoms with van der Waals surface area (Å²) < 4.78 is 14.2. The number of rotatable bonds is 7. The number of carbonyl (C=O) groups excluding carboxylic acids is 2. The molecular weight excluding hydrogens is 228 g/mol. The van der Waals surface area contributed by atoms with Gasteiger partial charge in [0.05, 0.1) is 19.3 Å². The van der Waals surface area contributed by atoms with Crippen molar-refractivity contribution in [1.82, 2.24) is 0 Å². The largest absolute Gasteiger partial charge is 0.502 e. The summed E-state index contributed by atoms with van der Waals surface area (Å²) in [4.78, 5) is 22.3. The van der Waals surface area contributed by atoms with Gasteiger partial charge in [0, 0.05) is 7.11 Å². The zero-order valence-corrected chi connectivity index (χ0v) is 10.3. The molecule has 0 amide bonds. The Morgan fingerprint density at radius 3 is 2.59 bits per heavy atom. The highest BCUT2D eigenvalue weighted by molar-refractivity contribution is 5.94. The lowest BCUT2D eigenvalue weighted by Gasteiger charge is -2.10. The molecule has 17 heavy (non-hydrogen) atoms. The third-order valence-electron chi connectivity index (χ3n) is 1.62. The summed E-state index contributed by atoms with van der Waals surface area (Å²) in [6.45, 7) is 3.86. The van der Waals surface area contributed by atoms with E-state index < -0.39 is 23.8 Å². The first-order chi connectivity index (χ1) is 8.01. The fraction of sp³-hybridized carbons (Fsp3) is 0.636. The van der Waals surface area contributed by atoms with Crippen LogP contribution in [-0.2, 0) is 23.8 Å². The van der Waals surface area contributed by atoms with Gasteiger partial charge in [0.2, 0.25) is 5.76 Å². The first-order valence-corrected chi connectivity index (χ1v) is 5.28. The summed E-state index contributed by atoms with van der Waals surface area (Å²) in [5.74, 6) is -2.53. The van der Waals surface area contributed by atoms with Gasteiger partial charge in [-0.25, -0.2) is 9.59 Å². The van der Waals surface area contributed by atoms with Crippen LogP contribution in [0.2, 0.25) is 0 Å². The second kappa shape index (κ2) is 8.58. The van der Waals surface area contributed by atoms with Crippen molar-refractivity contribution < 1.29 is 28.9 Å². The molecule has 98 valence electrons. The van der Waals surface area contributed by atoms with Crippen molar-refractivity contribution in [1.29, 1.82) is 0 Å². The number of ether oxygens (including phenoxy) is 3. The number of hydrogen-bond acceptors (Lipinski definition) is 6. The van der Waals surface area contributed by atoms with Crippen LogP contribution in [0.15, 0.2) is 11.8 Å². The lowest BCUT2D eigenvalue weighted by atomic mass is 10.4. The Labute approximate surface area is 100 Å². The minimum atomic E-state index is -0.941.